The number of rotatable bonds is 10. The SMILES string of the molecule is CC(=O)[C@@H](NCCCCCCN1C(=O)C=CC1=O)C(C)C. The summed E-state index contributed by atoms with van der Waals surface area (Å²) < 4.78 is 0. The second-order valence-electron chi connectivity index (χ2n) is 5.86. The van der Waals surface area contributed by atoms with Gasteiger partial charge in [0, 0.05) is 18.7 Å². The molecule has 0 aromatic rings. The number of amides is 2. The summed E-state index contributed by atoms with van der Waals surface area (Å²) in [5.74, 6) is 0.0801. The normalized spacial score (nSPS) is 16.1. The Morgan fingerprint density at radius 3 is 2.19 bits per heavy atom. The molecule has 1 rings (SSSR count). The molecule has 0 radical (unpaired) electrons. The van der Waals surface area contributed by atoms with Crippen LogP contribution in [0.25, 0.3) is 0 Å². The Bertz CT molecular complexity index is 398. The Morgan fingerprint density at radius 1 is 1.10 bits per heavy atom. The molecule has 0 saturated heterocycles. The van der Waals surface area contributed by atoms with Crippen molar-refractivity contribution < 1.29 is 14.4 Å². The number of carbonyl (C=O) groups excluding carboxylic acids is 3. The van der Waals surface area contributed by atoms with Crippen molar-refractivity contribution >= 4 is 17.6 Å². The highest BCUT2D eigenvalue weighted by atomic mass is 16.2. The molecule has 1 heterocycles. The van der Waals surface area contributed by atoms with Crippen LogP contribution in [0.5, 0.6) is 0 Å². The van der Waals surface area contributed by atoms with Crippen LogP contribution >= 0.6 is 0 Å². The fourth-order valence-electron chi connectivity index (χ4n) is 2.51. The van der Waals surface area contributed by atoms with E-state index in [1.54, 1.807) is 6.92 Å². The third-order valence-electron chi connectivity index (χ3n) is 3.68. The molecule has 118 valence electrons. The Kier molecular flexibility index (Phi) is 7.29. The highest BCUT2D eigenvalue weighted by Gasteiger charge is 2.22. The highest BCUT2D eigenvalue weighted by Crippen LogP contribution is 2.08. The number of hydrogen-bond acceptors (Lipinski definition) is 4. The maximum Gasteiger partial charge on any atom is 0.253 e. The average Bonchev–Trinajstić information content (AvgIpc) is 2.72. The van der Waals surface area contributed by atoms with E-state index in [0.29, 0.717) is 12.5 Å². The molecular weight excluding hydrogens is 268 g/mol. The van der Waals surface area contributed by atoms with Crippen molar-refractivity contribution in [1.29, 1.82) is 0 Å². The fourth-order valence-corrected chi connectivity index (χ4v) is 2.51. The summed E-state index contributed by atoms with van der Waals surface area (Å²) in [6.45, 7) is 7.02. The van der Waals surface area contributed by atoms with Crippen LogP contribution in [-0.4, -0.2) is 41.6 Å². The third kappa shape index (κ3) is 5.79. The minimum absolute atomic E-state index is 0.0593. The van der Waals surface area contributed by atoms with Gasteiger partial charge in [0.15, 0.2) is 0 Å². The van der Waals surface area contributed by atoms with E-state index < -0.39 is 0 Å². The lowest BCUT2D eigenvalue weighted by Gasteiger charge is -2.19. The Balaban J connectivity index is 2.06. The number of Topliss-reactive ketones (excluding diaryl/α,β-unsaturated/α-hetero) is 1. The summed E-state index contributed by atoms with van der Waals surface area (Å²) >= 11 is 0. The van der Waals surface area contributed by atoms with E-state index in [1.165, 1.54) is 17.1 Å². The predicted molar refractivity (Wildman–Crippen MR) is 81.6 cm³/mol. The summed E-state index contributed by atoms with van der Waals surface area (Å²) in [7, 11) is 0. The van der Waals surface area contributed by atoms with E-state index in [1.807, 2.05) is 13.8 Å². The second-order valence-corrected chi connectivity index (χ2v) is 5.86. The van der Waals surface area contributed by atoms with Gasteiger partial charge in [-0.2, -0.15) is 0 Å². The molecule has 5 nitrogen and oxygen atoms in total. The van der Waals surface area contributed by atoms with Gasteiger partial charge >= 0.3 is 0 Å². The van der Waals surface area contributed by atoms with E-state index >= 15 is 0 Å². The fraction of sp³-hybridized carbons (Fsp3) is 0.688. The van der Waals surface area contributed by atoms with Crippen molar-refractivity contribution in [3.63, 3.8) is 0 Å². The first-order valence-electron chi connectivity index (χ1n) is 7.71. The zero-order chi connectivity index (χ0) is 15.8. The van der Waals surface area contributed by atoms with E-state index in [-0.39, 0.29) is 23.6 Å². The molecule has 0 saturated carbocycles. The highest BCUT2D eigenvalue weighted by molar-refractivity contribution is 6.12. The smallest absolute Gasteiger partial charge is 0.253 e. The van der Waals surface area contributed by atoms with Crippen molar-refractivity contribution in [2.24, 2.45) is 5.92 Å². The van der Waals surface area contributed by atoms with Gasteiger partial charge in [-0.25, -0.2) is 0 Å². The number of unbranched alkanes of at least 4 members (excludes halogenated alkanes) is 3. The van der Waals surface area contributed by atoms with Crippen LogP contribution in [-0.2, 0) is 14.4 Å². The van der Waals surface area contributed by atoms with E-state index in [0.717, 1.165) is 32.2 Å². The van der Waals surface area contributed by atoms with Gasteiger partial charge < -0.3 is 5.32 Å². The molecular formula is C16H26N2O3. The number of nitrogens with one attached hydrogen (secondary N) is 1. The minimum Gasteiger partial charge on any atom is -0.307 e. The van der Waals surface area contributed by atoms with Crippen LogP contribution in [0.1, 0.15) is 46.5 Å². The Hall–Kier alpha value is -1.49. The number of ketones is 1. The molecule has 1 aliphatic rings. The topological polar surface area (TPSA) is 66.5 Å². The monoisotopic (exact) mass is 294 g/mol. The lowest BCUT2D eigenvalue weighted by Crippen LogP contribution is -2.40. The molecule has 0 bridgehead atoms. The zero-order valence-corrected chi connectivity index (χ0v) is 13.2. The molecule has 1 aliphatic heterocycles. The molecule has 0 unspecified atom stereocenters. The maximum atomic E-state index is 11.4. The van der Waals surface area contributed by atoms with E-state index in [2.05, 4.69) is 5.32 Å². The van der Waals surface area contributed by atoms with Gasteiger partial charge in [-0.05, 0) is 32.2 Å². The van der Waals surface area contributed by atoms with Gasteiger partial charge in [-0.1, -0.05) is 26.7 Å². The average molecular weight is 294 g/mol. The van der Waals surface area contributed by atoms with Gasteiger partial charge in [-0.15, -0.1) is 0 Å². The summed E-state index contributed by atoms with van der Waals surface area (Å²) in [6, 6.07) is -0.0593. The van der Waals surface area contributed by atoms with Crippen molar-refractivity contribution in [2.45, 2.75) is 52.5 Å². The van der Waals surface area contributed by atoms with Gasteiger partial charge in [0.05, 0.1) is 6.04 Å². The summed E-state index contributed by atoms with van der Waals surface area (Å²) in [6.07, 6.45) is 6.47. The van der Waals surface area contributed by atoms with Crippen molar-refractivity contribution in [1.82, 2.24) is 10.2 Å². The second kappa shape index (κ2) is 8.72. The van der Waals surface area contributed by atoms with Gasteiger partial charge in [0.1, 0.15) is 5.78 Å². The number of nitrogens with zero attached hydrogens (tertiary/aromatic N) is 1. The van der Waals surface area contributed by atoms with Gasteiger partial charge in [0.2, 0.25) is 0 Å². The number of imide groups is 1. The summed E-state index contributed by atoms with van der Waals surface area (Å²) in [4.78, 5) is 35.4. The number of hydrogen-bond donors (Lipinski definition) is 1. The quantitative estimate of drug-likeness (QED) is 0.492. The van der Waals surface area contributed by atoms with Gasteiger partial charge in [0.25, 0.3) is 11.8 Å². The molecule has 21 heavy (non-hydrogen) atoms. The zero-order valence-electron chi connectivity index (χ0n) is 13.2. The van der Waals surface area contributed by atoms with Crippen LogP contribution in [0.3, 0.4) is 0 Å². The summed E-state index contributed by atoms with van der Waals surface area (Å²) in [5.41, 5.74) is 0. The molecule has 0 fully saturated rings. The maximum absolute atomic E-state index is 11.4. The van der Waals surface area contributed by atoms with Crippen LogP contribution in [0, 0.1) is 5.92 Å². The molecule has 5 heteroatoms. The molecule has 0 aliphatic carbocycles. The largest absolute Gasteiger partial charge is 0.307 e. The minimum atomic E-state index is -0.206. The molecule has 1 atom stereocenters. The van der Waals surface area contributed by atoms with Crippen LogP contribution < -0.4 is 5.32 Å². The van der Waals surface area contributed by atoms with E-state index in [4.69, 9.17) is 0 Å². The molecule has 1 N–H and O–H groups in total. The lowest BCUT2D eigenvalue weighted by molar-refractivity contribution is -0.136. The van der Waals surface area contributed by atoms with E-state index in [9.17, 15) is 14.4 Å². The van der Waals surface area contributed by atoms with Crippen molar-refractivity contribution in [3.05, 3.63) is 12.2 Å². The first kappa shape index (κ1) is 17.6. The standard InChI is InChI=1S/C16H26N2O3/c1-12(2)16(13(3)19)17-10-6-4-5-7-11-18-14(20)8-9-15(18)21/h8-9,12,16-17H,4-7,10-11H2,1-3H3/t16-/m0/s1. The molecule has 0 aromatic heterocycles. The van der Waals surface area contributed by atoms with Crippen molar-refractivity contribution in [3.8, 4) is 0 Å². The van der Waals surface area contributed by atoms with Gasteiger partial charge in [-0.3, -0.25) is 19.3 Å². The van der Waals surface area contributed by atoms with Crippen molar-refractivity contribution in [2.75, 3.05) is 13.1 Å². The lowest BCUT2D eigenvalue weighted by atomic mass is 10.0. The molecule has 2 amide bonds. The van der Waals surface area contributed by atoms with Crippen LogP contribution in [0.2, 0.25) is 0 Å². The predicted octanol–water partition coefficient (Wildman–Crippen LogP) is 1.67. The first-order chi connectivity index (χ1) is 9.93. The Labute approximate surface area is 126 Å². The summed E-state index contributed by atoms with van der Waals surface area (Å²) in [5, 5.41) is 3.29. The number of carbonyl (C=O) groups is 3. The molecule has 0 spiro atoms. The van der Waals surface area contributed by atoms with Crippen LogP contribution in [0.4, 0.5) is 0 Å². The third-order valence-corrected chi connectivity index (χ3v) is 3.68. The van der Waals surface area contributed by atoms with Crippen LogP contribution in [0.15, 0.2) is 12.2 Å². The molecule has 0 aromatic carbocycles. The Morgan fingerprint density at radius 2 is 1.67 bits per heavy atom. The first-order valence-corrected chi connectivity index (χ1v) is 7.71.